The molecule has 1 aromatic rings. The van der Waals surface area contributed by atoms with Gasteiger partial charge in [0.1, 0.15) is 11.6 Å². The molecule has 2 aliphatic rings. The van der Waals surface area contributed by atoms with Crippen molar-refractivity contribution in [2.45, 2.75) is 18.1 Å². The summed E-state index contributed by atoms with van der Waals surface area (Å²) in [5.74, 6) is -1.18. The monoisotopic (exact) mass is 291 g/mol. The van der Waals surface area contributed by atoms with Crippen molar-refractivity contribution < 1.29 is 24.6 Å². The number of likely N-dealkylation sites (tertiary alicyclic amines) is 1. The zero-order chi connectivity index (χ0) is 15.0. The molecule has 0 saturated carbocycles. The van der Waals surface area contributed by atoms with Crippen LogP contribution in [0.3, 0.4) is 0 Å². The SMILES string of the molecule is O=C(O)C1C[C@]2(C=C(c3cccnc3)NO2)CN1C(=O)O. The van der Waals surface area contributed by atoms with Crippen LogP contribution < -0.4 is 5.48 Å². The van der Waals surface area contributed by atoms with E-state index >= 15 is 0 Å². The lowest BCUT2D eigenvalue weighted by atomic mass is 9.98. The number of hydrogen-bond acceptors (Lipinski definition) is 5. The minimum absolute atomic E-state index is 0.0317. The summed E-state index contributed by atoms with van der Waals surface area (Å²) < 4.78 is 0. The van der Waals surface area contributed by atoms with Crippen LogP contribution in [-0.4, -0.2) is 50.3 Å². The largest absolute Gasteiger partial charge is 0.480 e. The van der Waals surface area contributed by atoms with Crippen LogP contribution in [0.15, 0.2) is 30.6 Å². The van der Waals surface area contributed by atoms with Crippen molar-refractivity contribution in [3.8, 4) is 0 Å². The fourth-order valence-corrected chi connectivity index (χ4v) is 2.64. The Morgan fingerprint density at radius 2 is 2.29 bits per heavy atom. The Balaban J connectivity index is 1.89. The number of aromatic nitrogens is 1. The van der Waals surface area contributed by atoms with Gasteiger partial charge >= 0.3 is 12.1 Å². The van der Waals surface area contributed by atoms with Crippen LogP contribution in [0, 0.1) is 0 Å². The average molecular weight is 291 g/mol. The second kappa shape index (κ2) is 4.74. The molecule has 0 aliphatic carbocycles. The normalized spacial score (nSPS) is 27.5. The molecule has 0 bridgehead atoms. The number of carbonyl (C=O) groups is 2. The van der Waals surface area contributed by atoms with Crippen LogP contribution in [0.2, 0.25) is 0 Å². The van der Waals surface area contributed by atoms with E-state index in [1.807, 2.05) is 6.07 Å². The minimum atomic E-state index is -1.27. The second-order valence-corrected chi connectivity index (χ2v) is 5.04. The van der Waals surface area contributed by atoms with Crippen LogP contribution in [0.25, 0.3) is 5.70 Å². The van der Waals surface area contributed by atoms with Gasteiger partial charge < -0.3 is 10.2 Å². The molecule has 8 nitrogen and oxygen atoms in total. The molecule has 3 heterocycles. The predicted octanol–water partition coefficient (Wildman–Crippen LogP) is 0.533. The zero-order valence-electron chi connectivity index (χ0n) is 10.9. The Hall–Kier alpha value is -2.61. The van der Waals surface area contributed by atoms with Crippen LogP contribution in [0.5, 0.6) is 0 Å². The maximum absolute atomic E-state index is 11.2. The number of pyridine rings is 1. The lowest BCUT2D eigenvalue weighted by molar-refractivity contribution is -0.141. The van der Waals surface area contributed by atoms with Gasteiger partial charge in [-0.3, -0.25) is 20.2 Å². The molecule has 2 aliphatic heterocycles. The van der Waals surface area contributed by atoms with Gasteiger partial charge in [-0.05, 0) is 18.2 Å². The van der Waals surface area contributed by atoms with Crippen LogP contribution >= 0.6 is 0 Å². The standard InChI is InChI=1S/C13H13N3O5/c17-11(18)10-5-13(7-16(10)12(19)20)4-9(15-21-13)8-2-1-3-14-6-8/h1-4,6,10,15H,5,7H2,(H,17,18)(H,19,20)/t10?,13-/m1/s1. The third kappa shape index (κ3) is 2.29. The van der Waals surface area contributed by atoms with Gasteiger partial charge in [-0.2, -0.15) is 0 Å². The van der Waals surface area contributed by atoms with Crippen molar-refractivity contribution in [2.24, 2.45) is 0 Å². The molecule has 0 aromatic carbocycles. The van der Waals surface area contributed by atoms with Crippen molar-refractivity contribution in [2.75, 3.05) is 6.54 Å². The van der Waals surface area contributed by atoms with E-state index in [0.29, 0.717) is 5.70 Å². The molecule has 1 aromatic heterocycles. The fraction of sp³-hybridized carbons (Fsp3) is 0.308. The van der Waals surface area contributed by atoms with Gasteiger partial charge in [0.15, 0.2) is 0 Å². The summed E-state index contributed by atoms with van der Waals surface area (Å²) in [5.41, 5.74) is 3.21. The summed E-state index contributed by atoms with van der Waals surface area (Å²) >= 11 is 0. The first-order valence-electron chi connectivity index (χ1n) is 6.30. The summed E-state index contributed by atoms with van der Waals surface area (Å²) in [7, 11) is 0. The Bertz CT molecular complexity index is 593. The number of hydrogen-bond donors (Lipinski definition) is 3. The number of aliphatic carboxylic acids is 1. The van der Waals surface area contributed by atoms with Crippen molar-refractivity contribution in [1.29, 1.82) is 0 Å². The van der Waals surface area contributed by atoms with Gasteiger partial charge in [0.2, 0.25) is 0 Å². The maximum atomic E-state index is 11.2. The summed E-state index contributed by atoms with van der Waals surface area (Å²) in [6.07, 6.45) is 3.79. The molecule has 0 radical (unpaired) electrons. The van der Waals surface area contributed by atoms with Crippen LogP contribution in [0.4, 0.5) is 4.79 Å². The van der Waals surface area contributed by atoms with E-state index in [1.165, 1.54) is 0 Å². The highest BCUT2D eigenvalue weighted by molar-refractivity contribution is 5.81. The Kier molecular flexibility index (Phi) is 3.02. The van der Waals surface area contributed by atoms with Crippen molar-refractivity contribution in [1.82, 2.24) is 15.4 Å². The number of rotatable bonds is 2. The highest BCUT2D eigenvalue weighted by atomic mass is 16.7. The molecular weight excluding hydrogens is 278 g/mol. The maximum Gasteiger partial charge on any atom is 0.408 e. The van der Waals surface area contributed by atoms with Gasteiger partial charge in [-0.15, -0.1) is 0 Å². The van der Waals surface area contributed by atoms with E-state index in [0.717, 1.165) is 10.5 Å². The number of nitrogens with one attached hydrogen (secondary N) is 1. The number of nitrogens with zero attached hydrogens (tertiary/aromatic N) is 2. The third-order valence-corrected chi connectivity index (χ3v) is 3.63. The smallest absolute Gasteiger partial charge is 0.408 e. The van der Waals surface area contributed by atoms with Gasteiger partial charge in [-0.25, -0.2) is 9.59 Å². The first-order chi connectivity index (χ1) is 10.0. The second-order valence-electron chi connectivity index (χ2n) is 5.04. The third-order valence-electron chi connectivity index (χ3n) is 3.63. The molecule has 8 heteroatoms. The van der Waals surface area contributed by atoms with Crippen molar-refractivity contribution in [3.05, 3.63) is 36.2 Å². The summed E-state index contributed by atoms with van der Waals surface area (Å²) in [4.78, 5) is 32.7. The molecule has 3 rings (SSSR count). The fourth-order valence-electron chi connectivity index (χ4n) is 2.64. The van der Waals surface area contributed by atoms with E-state index in [2.05, 4.69) is 10.5 Å². The first-order valence-corrected chi connectivity index (χ1v) is 6.30. The lowest BCUT2D eigenvalue weighted by Gasteiger charge is -2.18. The molecule has 110 valence electrons. The number of amides is 1. The summed E-state index contributed by atoms with van der Waals surface area (Å²) in [6.45, 7) is -0.0317. The van der Waals surface area contributed by atoms with Crippen molar-refractivity contribution >= 4 is 17.8 Å². The first kappa shape index (κ1) is 13.4. The number of hydroxylamine groups is 1. The highest BCUT2D eigenvalue weighted by Crippen LogP contribution is 2.37. The predicted molar refractivity (Wildman–Crippen MR) is 69.9 cm³/mol. The van der Waals surface area contributed by atoms with Gasteiger partial charge in [0.05, 0.1) is 12.2 Å². The van der Waals surface area contributed by atoms with E-state index < -0.39 is 23.7 Å². The summed E-state index contributed by atoms with van der Waals surface area (Å²) in [6, 6.07) is 2.47. The molecule has 1 amide bonds. The molecule has 21 heavy (non-hydrogen) atoms. The Morgan fingerprint density at radius 3 is 2.86 bits per heavy atom. The quantitative estimate of drug-likeness (QED) is 0.728. The van der Waals surface area contributed by atoms with E-state index in [4.69, 9.17) is 15.1 Å². The Labute approximate surface area is 119 Å². The summed E-state index contributed by atoms with van der Waals surface area (Å²) in [5, 5.41) is 18.3. The molecule has 2 atom stereocenters. The number of carboxylic acids is 1. The molecular formula is C13H13N3O5. The van der Waals surface area contributed by atoms with Gasteiger partial charge in [-0.1, -0.05) is 0 Å². The molecule has 1 fully saturated rings. The average Bonchev–Trinajstić information content (AvgIpc) is 3.05. The Morgan fingerprint density at radius 1 is 1.48 bits per heavy atom. The van der Waals surface area contributed by atoms with Gasteiger partial charge in [0, 0.05) is 24.4 Å². The lowest BCUT2D eigenvalue weighted by Crippen LogP contribution is -2.40. The van der Waals surface area contributed by atoms with Crippen LogP contribution in [-0.2, 0) is 9.63 Å². The van der Waals surface area contributed by atoms with Gasteiger partial charge in [0.25, 0.3) is 0 Å². The molecule has 1 spiro atoms. The highest BCUT2D eigenvalue weighted by Gasteiger charge is 2.51. The molecule has 3 N–H and O–H groups in total. The van der Waals surface area contributed by atoms with Crippen LogP contribution in [0.1, 0.15) is 12.0 Å². The minimum Gasteiger partial charge on any atom is -0.480 e. The van der Waals surface area contributed by atoms with E-state index in [9.17, 15) is 9.59 Å². The van der Waals surface area contributed by atoms with E-state index in [-0.39, 0.29) is 13.0 Å². The van der Waals surface area contributed by atoms with Crippen molar-refractivity contribution in [3.63, 3.8) is 0 Å². The zero-order valence-corrected chi connectivity index (χ0v) is 10.9. The topological polar surface area (TPSA) is 112 Å². The molecule has 1 saturated heterocycles. The number of carboxylic acid groups (broad SMARTS) is 2. The molecule has 1 unspecified atom stereocenters. The van der Waals surface area contributed by atoms with E-state index in [1.54, 1.807) is 24.5 Å².